The SMILES string of the molecule is O=C(CCn1c(=O)oc2cc(Cl)ccc21)NCC1CNCC1O. The van der Waals surface area contributed by atoms with Gasteiger partial charge in [-0.3, -0.25) is 9.36 Å². The number of aliphatic hydroxyl groups is 1. The van der Waals surface area contributed by atoms with Crippen molar-refractivity contribution in [1.29, 1.82) is 0 Å². The third-order valence-electron chi connectivity index (χ3n) is 4.06. The number of aryl methyl sites for hydroxylation is 1. The number of aromatic nitrogens is 1. The van der Waals surface area contributed by atoms with Crippen molar-refractivity contribution < 1.29 is 14.3 Å². The van der Waals surface area contributed by atoms with Crippen molar-refractivity contribution in [1.82, 2.24) is 15.2 Å². The first-order chi connectivity index (χ1) is 11.0. The first-order valence-corrected chi connectivity index (χ1v) is 7.87. The van der Waals surface area contributed by atoms with Gasteiger partial charge in [-0.2, -0.15) is 0 Å². The summed E-state index contributed by atoms with van der Waals surface area (Å²) < 4.78 is 6.53. The molecule has 2 heterocycles. The smallest absolute Gasteiger partial charge is 0.408 e. The van der Waals surface area contributed by atoms with Crippen molar-refractivity contribution in [2.75, 3.05) is 19.6 Å². The minimum Gasteiger partial charge on any atom is -0.408 e. The highest BCUT2D eigenvalue weighted by molar-refractivity contribution is 6.31. The van der Waals surface area contributed by atoms with Gasteiger partial charge in [0.25, 0.3) is 0 Å². The van der Waals surface area contributed by atoms with Crippen LogP contribution in [0, 0.1) is 5.92 Å². The lowest BCUT2D eigenvalue weighted by Gasteiger charge is -2.14. The Morgan fingerprint density at radius 1 is 1.48 bits per heavy atom. The van der Waals surface area contributed by atoms with Gasteiger partial charge in [0.2, 0.25) is 5.91 Å². The number of carbonyl (C=O) groups excluding carboxylic acids is 1. The average Bonchev–Trinajstić information content (AvgIpc) is 3.05. The van der Waals surface area contributed by atoms with E-state index in [0.717, 1.165) is 0 Å². The van der Waals surface area contributed by atoms with Gasteiger partial charge in [0, 0.05) is 49.6 Å². The second-order valence-electron chi connectivity index (χ2n) is 5.67. The van der Waals surface area contributed by atoms with Gasteiger partial charge in [0.1, 0.15) is 0 Å². The summed E-state index contributed by atoms with van der Waals surface area (Å²) >= 11 is 5.86. The van der Waals surface area contributed by atoms with E-state index >= 15 is 0 Å². The normalized spacial score (nSPS) is 21.0. The highest BCUT2D eigenvalue weighted by atomic mass is 35.5. The van der Waals surface area contributed by atoms with E-state index in [1.807, 2.05) is 0 Å². The van der Waals surface area contributed by atoms with E-state index in [1.165, 1.54) is 4.57 Å². The molecule has 1 fully saturated rings. The van der Waals surface area contributed by atoms with E-state index in [-0.39, 0.29) is 24.8 Å². The Labute approximate surface area is 137 Å². The summed E-state index contributed by atoms with van der Waals surface area (Å²) in [5, 5.41) is 16.0. The quantitative estimate of drug-likeness (QED) is 0.729. The molecule has 1 saturated heterocycles. The highest BCUT2D eigenvalue weighted by Crippen LogP contribution is 2.18. The molecule has 2 unspecified atom stereocenters. The van der Waals surface area contributed by atoms with Crippen LogP contribution in [0.2, 0.25) is 5.02 Å². The van der Waals surface area contributed by atoms with Gasteiger partial charge >= 0.3 is 5.76 Å². The zero-order valence-electron chi connectivity index (χ0n) is 12.4. The number of halogens is 1. The molecule has 3 rings (SSSR count). The molecule has 0 aliphatic carbocycles. The summed E-state index contributed by atoms with van der Waals surface area (Å²) in [5.41, 5.74) is 1.02. The van der Waals surface area contributed by atoms with Gasteiger partial charge in [-0.25, -0.2) is 4.79 Å². The maximum Gasteiger partial charge on any atom is 0.419 e. The number of nitrogens with one attached hydrogen (secondary N) is 2. The van der Waals surface area contributed by atoms with Gasteiger partial charge in [-0.15, -0.1) is 0 Å². The lowest BCUT2D eigenvalue weighted by molar-refractivity contribution is -0.121. The Kier molecular flexibility index (Phi) is 4.70. The van der Waals surface area contributed by atoms with Crippen molar-refractivity contribution in [3.8, 4) is 0 Å². The first-order valence-electron chi connectivity index (χ1n) is 7.49. The lowest BCUT2D eigenvalue weighted by atomic mass is 10.1. The van der Waals surface area contributed by atoms with Crippen LogP contribution in [0.3, 0.4) is 0 Å². The van der Waals surface area contributed by atoms with Crippen molar-refractivity contribution >= 4 is 28.6 Å². The van der Waals surface area contributed by atoms with E-state index in [1.54, 1.807) is 18.2 Å². The monoisotopic (exact) mass is 339 g/mol. The average molecular weight is 340 g/mol. The van der Waals surface area contributed by atoms with Gasteiger partial charge in [0.15, 0.2) is 5.58 Å². The summed E-state index contributed by atoms with van der Waals surface area (Å²) in [4.78, 5) is 23.8. The third kappa shape index (κ3) is 3.57. The third-order valence-corrected chi connectivity index (χ3v) is 4.29. The van der Waals surface area contributed by atoms with Crippen LogP contribution in [0.25, 0.3) is 11.1 Å². The number of β-amino-alcohol motifs (C(OH)–C–C–N with tert-alkyl or cyclic N) is 1. The van der Waals surface area contributed by atoms with Gasteiger partial charge < -0.3 is 20.2 Å². The zero-order chi connectivity index (χ0) is 16.4. The van der Waals surface area contributed by atoms with Crippen LogP contribution in [0.1, 0.15) is 6.42 Å². The summed E-state index contributed by atoms with van der Waals surface area (Å²) in [6.07, 6.45) is -0.270. The second-order valence-corrected chi connectivity index (χ2v) is 6.11. The first kappa shape index (κ1) is 16.0. The molecule has 3 N–H and O–H groups in total. The molecular formula is C15H18ClN3O4. The topological polar surface area (TPSA) is 96.5 Å². The van der Waals surface area contributed by atoms with Crippen molar-refractivity contribution in [3.63, 3.8) is 0 Å². The Morgan fingerprint density at radius 2 is 2.30 bits per heavy atom. The number of amides is 1. The van der Waals surface area contributed by atoms with Crippen LogP contribution in [-0.4, -0.2) is 41.3 Å². The molecule has 1 aliphatic rings. The number of nitrogens with zero attached hydrogens (tertiary/aromatic N) is 1. The number of hydrogen-bond donors (Lipinski definition) is 3. The predicted molar refractivity (Wildman–Crippen MR) is 85.5 cm³/mol. The fourth-order valence-corrected chi connectivity index (χ4v) is 2.89. The van der Waals surface area contributed by atoms with Crippen LogP contribution in [-0.2, 0) is 11.3 Å². The molecule has 1 aliphatic heterocycles. The Bertz CT molecular complexity index is 770. The van der Waals surface area contributed by atoms with Crippen molar-refractivity contribution in [2.24, 2.45) is 5.92 Å². The Morgan fingerprint density at radius 3 is 3.04 bits per heavy atom. The molecule has 0 saturated carbocycles. The van der Waals surface area contributed by atoms with Gasteiger partial charge in [0.05, 0.1) is 11.6 Å². The number of benzene rings is 1. The fraction of sp³-hybridized carbons (Fsp3) is 0.467. The second kappa shape index (κ2) is 6.74. The van der Waals surface area contributed by atoms with Crippen LogP contribution >= 0.6 is 11.6 Å². The van der Waals surface area contributed by atoms with E-state index < -0.39 is 11.9 Å². The molecular weight excluding hydrogens is 322 g/mol. The number of oxazole rings is 1. The summed E-state index contributed by atoms with van der Waals surface area (Å²) in [5.74, 6) is -0.650. The molecule has 124 valence electrons. The van der Waals surface area contributed by atoms with E-state index in [4.69, 9.17) is 16.0 Å². The highest BCUT2D eigenvalue weighted by Gasteiger charge is 2.25. The van der Waals surface area contributed by atoms with Crippen molar-refractivity contribution in [2.45, 2.75) is 19.1 Å². The molecule has 1 amide bonds. The number of hydrogen-bond acceptors (Lipinski definition) is 5. The van der Waals surface area contributed by atoms with Crippen molar-refractivity contribution in [3.05, 3.63) is 33.8 Å². The number of rotatable bonds is 5. The largest absolute Gasteiger partial charge is 0.419 e. The summed E-state index contributed by atoms with van der Waals surface area (Å²) in [6, 6.07) is 4.94. The number of carbonyl (C=O) groups is 1. The summed E-state index contributed by atoms with van der Waals surface area (Å²) in [7, 11) is 0. The Hall–Kier alpha value is -1.83. The predicted octanol–water partition coefficient (Wildman–Crippen LogP) is 0.334. The maximum absolute atomic E-state index is 11.9. The molecule has 0 radical (unpaired) electrons. The van der Waals surface area contributed by atoms with Gasteiger partial charge in [-0.1, -0.05) is 11.6 Å². The van der Waals surface area contributed by atoms with Crippen LogP contribution in [0.5, 0.6) is 0 Å². The number of fused-ring (bicyclic) bond motifs is 1. The molecule has 0 bridgehead atoms. The molecule has 0 spiro atoms. The van der Waals surface area contributed by atoms with E-state index in [0.29, 0.717) is 35.8 Å². The Balaban J connectivity index is 1.58. The van der Waals surface area contributed by atoms with E-state index in [2.05, 4.69) is 10.6 Å². The minimum atomic E-state index is -0.509. The van der Waals surface area contributed by atoms with Crippen LogP contribution in [0.15, 0.2) is 27.4 Å². The standard InChI is InChI=1S/C15H18ClN3O4/c16-10-1-2-11-13(5-10)23-15(22)19(11)4-3-14(21)18-7-9-6-17-8-12(9)20/h1-2,5,9,12,17,20H,3-4,6-8H2,(H,18,21). The molecule has 2 aromatic rings. The maximum atomic E-state index is 11.9. The molecule has 1 aromatic heterocycles. The number of aliphatic hydroxyl groups excluding tert-OH is 1. The lowest BCUT2D eigenvalue weighted by Crippen LogP contribution is -2.35. The van der Waals surface area contributed by atoms with Crippen LogP contribution in [0.4, 0.5) is 0 Å². The molecule has 23 heavy (non-hydrogen) atoms. The molecule has 7 nitrogen and oxygen atoms in total. The van der Waals surface area contributed by atoms with Gasteiger partial charge in [-0.05, 0) is 12.1 Å². The van der Waals surface area contributed by atoms with Crippen LogP contribution < -0.4 is 16.4 Å². The molecule has 8 heteroatoms. The fourth-order valence-electron chi connectivity index (χ4n) is 2.73. The molecule has 1 aromatic carbocycles. The summed E-state index contributed by atoms with van der Waals surface area (Å²) in [6.45, 7) is 1.89. The zero-order valence-corrected chi connectivity index (χ0v) is 13.2. The molecule has 2 atom stereocenters. The minimum absolute atomic E-state index is 0.0265. The van der Waals surface area contributed by atoms with E-state index in [9.17, 15) is 14.7 Å².